The first-order chi connectivity index (χ1) is 5.27. The van der Waals surface area contributed by atoms with Gasteiger partial charge >= 0.3 is 0 Å². The lowest BCUT2D eigenvalue weighted by Crippen LogP contribution is -1.99. The van der Waals surface area contributed by atoms with Gasteiger partial charge in [-0.1, -0.05) is 0 Å². The lowest BCUT2D eigenvalue weighted by atomic mass is 10.2. The van der Waals surface area contributed by atoms with E-state index in [-0.39, 0.29) is 0 Å². The minimum Gasteiger partial charge on any atom is -0.427 e. The Morgan fingerprint density at radius 1 is 1.55 bits per heavy atom. The average molecular weight is 152 g/mol. The predicted octanol–water partition coefficient (Wildman–Crippen LogP) is 1.36. The van der Waals surface area contributed by atoms with Crippen LogP contribution in [-0.2, 0) is 0 Å². The van der Waals surface area contributed by atoms with Crippen LogP contribution in [0.25, 0.3) is 11.4 Å². The lowest BCUT2D eigenvalue weighted by Gasteiger charge is -2.02. The maximum Gasteiger partial charge on any atom is 0.175 e. The van der Waals surface area contributed by atoms with Gasteiger partial charge in [-0.3, -0.25) is 0 Å². The van der Waals surface area contributed by atoms with E-state index >= 15 is 0 Å². The van der Waals surface area contributed by atoms with Crippen molar-refractivity contribution in [2.75, 3.05) is 0 Å². The molecule has 56 valence electrons. The third kappa shape index (κ3) is 0.832. The first kappa shape index (κ1) is 6.15. The zero-order chi connectivity index (χ0) is 7.84. The number of fused-ring (bicyclic) bond motifs is 1. The molecule has 1 N–H and O–H groups in total. The summed E-state index contributed by atoms with van der Waals surface area (Å²) in [7, 11) is 0. The van der Waals surface area contributed by atoms with Crippen molar-refractivity contribution < 1.29 is 9.60 Å². The van der Waals surface area contributed by atoms with Gasteiger partial charge in [-0.15, -0.1) is 0 Å². The van der Waals surface area contributed by atoms with E-state index in [1.54, 1.807) is 6.07 Å². The summed E-state index contributed by atoms with van der Waals surface area (Å²) < 4.78 is 13.2. The molecule has 0 aromatic carbocycles. The van der Waals surface area contributed by atoms with Crippen LogP contribution >= 0.6 is 0 Å². The number of pyridine rings is 1. The van der Waals surface area contributed by atoms with E-state index in [0.29, 0.717) is 16.1 Å². The van der Waals surface area contributed by atoms with Gasteiger partial charge in [0, 0.05) is 11.8 Å². The molecule has 0 aromatic rings. The molecule has 0 fully saturated rings. The van der Waals surface area contributed by atoms with Crippen LogP contribution in [0.15, 0.2) is 24.5 Å². The highest BCUT2D eigenvalue weighted by Crippen LogP contribution is 2.19. The van der Waals surface area contributed by atoms with Crippen LogP contribution in [0.5, 0.6) is 0 Å². The Labute approximate surface area is 62.0 Å². The van der Waals surface area contributed by atoms with Crippen molar-refractivity contribution in [1.82, 2.24) is 9.71 Å². The van der Waals surface area contributed by atoms with Crippen LogP contribution < -0.4 is 0 Å². The lowest BCUT2D eigenvalue weighted by molar-refractivity contribution is 0.183. The quantitative estimate of drug-likeness (QED) is 0.579. The van der Waals surface area contributed by atoms with Gasteiger partial charge in [0.2, 0.25) is 0 Å². The molecule has 4 heteroatoms. The van der Waals surface area contributed by atoms with Crippen molar-refractivity contribution in [3.63, 3.8) is 0 Å². The normalized spacial score (nSPS) is 10.6. The van der Waals surface area contributed by atoms with Gasteiger partial charge in [0.15, 0.2) is 5.82 Å². The second kappa shape index (κ2) is 1.95. The molecule has 0 amide bonds. The number of rotatable bonds is 0. The molecule has 0 radical (unpaired) electrons. The molecule has 0 aliphatic carbocycles. The minimum absolute atomic E-state index is 0.367. The van der Waals surface area contributed by atoms with E-state index in [4.69, 9.17) is 5.21 Å². The largest absolute Gasteiger partial charge is 0.427 e. The van der Waals surface area contributed by atoms with E-state index in [1.165, 1.54) is 12.3 Å². The maximum atomic E-state index is 12.6. The van der Waals surface area contributed by atoms with E-state index < -0.39 is 5.82 Å². The zero-order valence-corrected chi connectivity index (χ0v) is 5.53. The summed E-state index contributed by atoms with van der Waals surface area (Å²) in [6.45, 7) is 0. The van der Waals surface area contributed by atoms with Crippen LogP contribution in [0.3, 0.4) is 0 Å². The Bertz CT molecular complexity index is 358. The Morgan fingerprint density at radius 3 is 3.18 bits per heavy atom. The number of aromatic nitrogens is 2. The number of hydrogen-bond acceptors (Lipinski definition) is 2. The van der Waals surface area contributed by atoms with Gasteiger partial charge < -0.3 is 5.21 Å². The highest BCUT2D eigenvalue weighted by Gasteiger charge is 2.08. The first-order valence-electron chi connectivity index (χ1n) is 3.09. The van der Waals surface area contributed by atoms with Crippen molar-refractivity contribution in [2.45, 2.75) is 0 Å². The third-order valence-electron chi connectivity index (χ3n) is 1.47. The van der Waals surface area contributed by atoms with E-state index in [2.05, 4.69) is 4.98 Å². The summed E-state index contributed by atoms with van der Waals surface area (Å²) >= 11 is 0. The summed E-state index contributed by atoms with van der Waals surface area (Å²) in [4.78, 5) is 3.81. The molecule has 2 aliphatic rings. The average Bonchev–Trinajstić information content (AvgIpc) is 2.34. The molecule has 0 aromatic heterocycles. The van der Waals surface area contributed by atoms with Crippen molar-refractivity contribution in [1.29, 1.82) is 0 Å². The fourth-order valence-electron chi connectivity index (χ4n) is 1.01. The summed E-state index contributed by atoms with van der Waals surface area (Å²) in [6, 6.07) is 2.94. The second-order valence-corrected chi connectivity index (χ2v) is 2.23. The van der Waals surface area contributed by atoms with Gasteiger partial charge in [0.05, 0.1) is 6.20 Å². The van der Waals surface area contributed by atoms with Crippen molar-refractivity contribution in [3.05, 3.63) is 30.3 Å². The number of nitrogens with zero attached hydrogens (tertiary/aromatic N) is 2. The molecule has 2 heterocycles. The molecule has 11 heavy (non-hydrogen) atoms. The van der Waals surface area contributed by atoms with Crippen LogP contribution in [-0.4, -0.2) is 14.9 Å². The molecule has 3 nitrogen and oxygen atoms in total. The van der Waals surface area contributed by atoms with Gasteiger partial charge in [0.25, 0.3) is 0 Å². The number of halogens is 1. The Hall–Kier alpha value is -1.58. The SMILES string of the molecule is On1cc(F)cc2ccnc1-2. The van der Waals surface area contributed by atoms with E-state index in [1.807, 2.05) is 0 Å². The maximum absolute atomic E-state index is 12.6. The smallest absolute Gasteiger partial charge is 0.175 e. The zero-order valence-electron chi connectivity index (χ0n) is 5.53. The van der Waals surface area contributed by atoms with E-state index in [9.17, 15) is 4.39 Å². The van der Waals surface area contributed by atoms with Crippen LogP contribution in [0.2, 0.25) is 0 Å². The fourth-order valence-corrected chi connectivity index (χ4v) is 1.01. The van der Waals surface area contributed by atoms with Crippen LogP contribution in [0.1, 0.15) is 0 Å². The number of hydrogen-bond donors (Lipinski definition) is 1. The van der Waals surface area contributed by atoms with Crippen LogP contribution in [0.4, 0.5) is 4.39 Å². The second-order valence-electron chi connectivity index (χ2n) is 2.23. The molecule has 0 saturated carbocycles. The van der Waals surface area contributed by atoms with Gasteiger partial charge in [-0.25, -0.2) is 9.37 Å². The van der Waals surface area contributed by atoms with Crippen LogP contribution in [0, 0.1) is 5.82 Å². The molecule has 0 spiro atoms. The summed E-state index contributed by atoms with van der Waals surface area (Å²) in [6.07, 6.45) is 2.48. The van der Waals surface area contributed by atoms with Gasteiger partial charge in [0.1, 0.15) is 5.82 Å². The Morgan fingerprint density at radius 2 is 2.36 bits per heavy atom. The van der Waals surface area contributed by atoms with E-state index in [0.717, 1.165) is 6.20 Å². The summed E-state index contributed by atoms with van der Waals surface area (Å²) in [5.74, 6) is -0.112. The van der Waals surface area contributed by atoms with Crippen molar-refractivity contribution in [2.24, 2.45) is 0 Å². The Balaban J connectivity index is 2.79. The highest BCUT2D eigenvalue weighted by molar-refractivity contribution is 5.56. The van der Waals surface area contributed by atoms with Gasteiger partial charge in [-0.2, -0.15) is 4.73 Å². The third-order valence-corrected chi connectivity index (χ3v) is 1.47. The summed E-state index contributed by atoms with van der Waals surface area (Å²) in [5, 5.41) is 9.06. The first-order valence-corrected chi connectivity index (χ1v) is 3.09. The Kier molecular flexibility index (Phi) is 1.09. The standard InChI is InChI=1S/C7H5FN2O/c8-6-3-5-1-2-9-7(5)10(11)4-6/h1-4,11H. The fraction of sp³-hybridized carbons (Fsp3) is 0. The van der Waals surface area contributed by atoms with Gasteiger partial charge in [-0.05, 0) is 12.1 Å². The highest BCUT2D eigenvalue weighted by atomic mass is 19.1. The molecule has 0 atom stereocenters. The molecular weight excluding hydrogens is 147 g/mol. The predicted molar refractivity (Wildman–Crippen MR) is 36.0 cm³/mol. The van der Waals surface area contributed by atoms with Crippen molar-refractivity contribution >= 4 is 0 Å². The molecule has 0 bridgehead atoms. The molecular formula is C7H5FN2O. The molecule has 2 rings (SSSR count). The topological polar surface area (TPSA) is 38.0 Å². The monoisotopic (exact) mass is 152 g/mol. The summed E-state index contributed by atoms with van der Waals surface area (Å²) in [5.41, 5.74) is 0.590. The minimum atomic E-state index is -0.479. The molecule has 0 unspecified atom stereocenters. The molecule has 2 aliphatic heterocycles. The van der Waals surface area contributed by atoms with Crippen molar-refractivity contribution in [3.8, 4) is 11.4 Å². The molecule has 0 saturated heterocycles.